The van der Waals surface area contributed by atoms with Gasteiger partial charge in [0.25, 0.3) is 10.0 Å². The molecule has 1 aromatic carbocycles. The van der Waals surface area contributed by atoms with Gasteiger partial charge in [-0.2, -0.15) is 17.8 Å². The molecule has 110 valence electrons. The molecule has 0 radical (unpaired) electrons. The van der Waals surface area contributed by atoms with Crippen LogP contribution in [0.15, 0.2) is 27.4 Å². The van der Waals surface area contributed by atoms with E-state index >= 15 is 0 Å². The van der Waals surface area contributed by atoms with Gasteiger partial charge < -0.3 is 0 Å². The van der Waals surface area contributed by atoms with Crippen molar-refractivity contribution in [2.24, 2.45) is 5.14 Å². The van der Waals surface area contributed by atoms with E-state index in [1.165, 1.54) is 32.3 Å². The second-order valence-electron chi connectivity index (χ2n) is 4.00. The first-order valence-corrected chi connectivity index (χ1v) is 8.92. The molecule has 0 saturated heterocycles. The smallest absolute Gasteiger partial charge is 0.224 e. The summed E-state index contributed by atoms with van der Waals surface area (Å²) in [7, 11) is -5.00. The largest absolute Gasteiger partial charge is 0.313 e. The van der Waals surface area contributed by atoms with Crippen molar-refractivity contribution in [3.63, 3.8) is 0 Å². The summed E-state index contributed by atoms with van der Waals surface area (Å²) in [5, 5.41) is 6.02. The molecule has 0 amide bonds. The molecule has 11 heteroatoms. The fourth-order valence-corrected chi connectivity index (χ4v) is 4.15. The summed E-state index contributed by atoms with van der Waals surface area (Å²) in [6.45, 7) is 0. The predicted molar refractivity (Wildman–Crippen MR) is 73.0 cm³/mol. The number of primary sulfonamides is 1. The van der Waals surface area contributed by atoms with E-state index < -0.39 is 20.1 Å². The molecular weight excluding hydrogens is 326 g/mol. The Kier molecular flexibility index (Phi) is 3.83. The van der Waals surface area contributed by atoms with E-state index in [0.29, 0.717) is 10.2 Å². The van der Waals surface area contributed by atoms with Gasteiger partial charge in [0.15, 0.2) is 0 Å². The molecule has 0 saturated carbocycles. The first-order chi connectivity index (χ1) is 9.09. The molecule has 2 rings (SSSR count). The van der Waals surface area contributed by atoms with Crippen molar-refractivity contribution in [1.82, 2.24) is 10.0 Å². The quantitative estimate of drug-likeness (QED) is 0.787. The van der Waals surface area contributed by atoms with E-state index in [-0.39, 0.29) is 9.24 Å². The fourth-order valence-electron chi connectivity index (χ4n) is 1.40. The van der Waals surface area contributed by atoms with Crippen molar-refractivity contribution in [2.45, 2.75) is 9.24 Å². The van der Waals surface area contributed by atoms with Crippen LogP contribution >= 0.6 is 11.3 Å². The maximum atomic E-state index is 11.9. The number of hydrogen-bond donors (Lipinski definition) is 1. The van der Waals surface area contributed by atoms with E-state index in [4.69, 9.17) is 9.42 Å². The van der Waals surface area contributed by atoms with Gasteiger partial charge in [-0.1, -0.05) is 0 Å². The van der Waals surface area contributed by atoms with Crippen molar-refractivity contribution < 1.29 is 21.1 Å². The lowest BCUT2D eigenvalue weighted by atomic mass is 10.3. The van der Waals surface area contributed by atoms with Gasteiger partial charge in [-0.3, -0.25) is 0 Å². The van der Waals surface area contributed by atoms with Crippen LogP contribution in [0, 0.1) is 0 Å². The molecule has 0 atom stereocenters. The summed E-state index contributed by atoms with van der Waals surface area (Å²) >= 11 is 0.796. The zero-order valence-electron chi connectivity index (χ0n) is 10.5. The minimum Gasteiger partial charge on any atom is -0.224 e. The average Bonchev–Trinajstić information content (AvgIpc) is 2.69. The van der Waals surface area contributed by atoms with Gasteiger partial charge in [-0.05, 0) is 18.2 Å². The summed E-state index contributed by atoms with van der Waals surface area (Å²) < 4.78 is 51.0. The normalized spacial score (nSPS) is 13.2. The van der Waals surface area contributed by atoms with Gasteiger partial charge in [0.2, 0.25) is 4.34 Å². The van der Waals surface area contributed by atoms with Crippen LogP contribution < -0.4 is 5.14 Å². The van der Waals surface area contributed by atoms with Crippen LogP contribution in [0.25, 0.3) is 10.2 Å². The molecule has 0 fully saturated rings. The van der Waals surface area contributed by atoms with E-state index in [2.05, 4.69) is 4.98 Å². The summed E-state index contributed by atoms with van der Waals surface area (Å²) in [6, 6.07) is 3.97. The first-order valence-electron chi connectivity index (χ1n) is 5.15. The Bertz CT molecular complexity index is 854. The van der Waals surface area contributed by atoms with E-state index in [0.717, 1.165) is 16.4 Å². The number of fused-ring (bicyclic) bond motifs is 1. The lowest BCUT2D eigenvalue weighted by Crippen LogP contribution is -2.18. The molecule has 1 heterocycles. The zero-order valence-corrected chi connectivity index (χ0v) is 12.9. The standard InChI is InChI=1S/C9H11N3O5S3/c1-12(2)17-20(15,16)6-3-4-7-8(5-6)18-9(11-7)19(10,13)14/h3-5H,1-2H3,(H2,10,13,14). The highest BCUT2D eigenvalue weighted by Crippen LogP contribution is 2.27. The van der Waals surface area contributed by atoms with Gasteiger partial charge in [-0.25, -0.2) is 18.5 Å². The van der Waals surface area contributed by atoms with Crippen LogP contribution in [-0.4, -0.2) is 41.0 Å². The highest BCUT2D eigenvalue weighted by molar-refractivity contribution is 7.91. The molecule has 1 aromatic heterocycles. The Balaban J connectivity index is 2.55. The van der Waals surface area contributed by atoms with Crippen molar-refractivity contribution in [2.75, 3.05) is 14.1 Å². The lowest BCUT2D eigenvalue weighted by molar-refractivity contribution is 0.00515. The van der Waals surface area contributed by atoms with Crippen LogP contribution in [0.1, 0.15) is 0 Å². The zero-order chi connectivity index (χ0) is 15.1. The van der Waals surface area contributed by atoms with E-state index in [9.17, 15) is 16.8 Å². The number of sulfonamides is 1. The number of hydrogen-bond acceptors (Lipinski definition) is 8. The monoisotopic (exact) mass is 337 g/mol. The topological polar surface area (TPSA) is 120 Å². The molecule has 20 heavy (non-hydrogen) atoms. The molecule has 0 bridgehead atoms. The first kappa shape index (κ1) is 15.3. The van der Waals surface area contributed by atoms with Crippen LogP contribution in [-0.2, 0) is 24.4 Å². The molecule has 2 N–H and O–H groups in total. The molecular formula is C9H11N3O5S3. The number of rotatable bonds is 4. The fraction of sp³-hybridized carbons (Fsp3) is 0.222. The maximum absolute atomic E-state index is 11.9. The minimum absolute atomic E-state index is 0.0941. The molecule has 0 aliphatic rings. The molecule has 0 aliphatic heterocycles. The number of hydroxylamine groups is 2. The Labute approximate surface area is 119 Å². The lowest BCUT2D eigenvalue weighted by Gasteiger charge is -2.09. The van der Waals surface area contributed by atoms with Crippen LogP contribution in [0.3, 0.4) is 0 Å². The van der Waals surface area contributed by atoms with Crippen molar-refractivity contribution in [1.29, 1.82) is 0 Å². The third kappa shape index (κ3) is 3.13. The third-order valence-corrected chi connectivity index (χ3v) is 5.78. The van der Waals surface area contributed by atoms with Crippen LogP contribution in [0.5, 0.6) is 0 Å². The number of thiazole rings is 1. The Morgan fingerprint density at radius 3 is 2.45 bits per heavy atom. The van der Waals surface area contributed by atoms with Gasteiger partial charge in [0, 0.05) is 14.1 Å². The molecule has 0 unspecified atom stereocenters. The summed E-state index contributed by atoms with van der Waals surface area (Å²) in [4.78, 5) is 3.73. The maximum Gasteiger partial charge on any atom is 0.313 e. The summed E-state index contributed by atoms with van der Waals surface area (Å²) in [6.07, 6.45) is 0. The molecule has 8 nitrogen and oxygen atoms in total. The summed E-state index contributed by atoms with van der Waals surface area (Å²) in [5.74, 6) is 0. The van der Waals surface area contributed by atoms with Gasteiger partial charge in [0.1, 0.15) is 0 Å². The molecule has 0 spiro atoms. The van der Waals surface area contributed by atoms with E-state index in [1.54, 1.807) is 0 Å². The summed E-state index contributed by atoms with van der Waals surface area (Å²) in [5.41, 5.74) is 0.350. The minimum atomic E-state index is -3.95. The Hall–Kier alpha value is -1.11. The highest BCUT2D eigenvalue weighted by atomic mass is 32.2. The second-order valence-corrected chi connectivity index (χ2v) is 8.29. The van der Waals surface area contributed by atoms with E-state index in [1.807, 2.05) is 0 Å². The van der Waals surface area contributed by atoms with Gasteiger partial charge in [0.05, 0.1) is 15.1 Å². The number of aromatic nitrogens is 1. The second kappa shape index (κ2) is 5.02. The SMILES string of the molecule is CN(C)OS(=O)(=O)c1ccc2nc(S(N)(=O)=O)sc2c1. The third-order valence-electron chi connectivity index (χ3n) is 2.12. The molecule has 0 aliphatic carbocycles. The highest BCUT2D eigenvalue weighted by Gasteiger charge is 2.20. The van der Waals surface area contributed by atoms with Crippen LogP contribution in [0.4, 0.5) is 0 Å². The van der Waals surface area contributed by atoms with Gasteiger partial charge in [-0.15, -0.1) is 11.3 Å². The Morgan fingerprint density at radius 1 is 1.25 bits per heavy atom. The van der Waals surface area contributed by atoms with Gasteiger partial charge >= 0.3 is 10.1 Å². The number of nitrogens with two attached hydrogens (primary N) is 1. The number of nitrogens with zero attached hydrogens (tertiary/aromatic N) is 2. The average molecular weight is 337 g/mol. The van der Waals surface area contributed by atoms with Crippen molar-refractivity contribution >= 4 is 41.7 Å². The van der Waals surface area contributed by atoms with Crippen LogP contribution in [0.2, 0.25) is 0 Å². The predicted octanol–water partition coefficient (Wildman–Crippen LogP) is 0.126. The number of benzene rings is 1. The Morgan fingerprint density at radius 2 is 1.90 bits per heavy atom. The van der Waals surface area contributed by atoms with Crippen molar-refractivity contribution in [3.8, 4) is 0 Å². The molecule has 2 aromatic rings. The van der Waals surface area contributed by atoms with Crippen molar-refractivity contribution in [3.05, 3.63) is 18.2 Å².